The van der Waals surface area contributed by atoms with E-state index in [1.165, 1.54) is 58.2 Å². The summed E-state index contributed by atoms with van der Waals surface area (Å²) in [4.78, 5) is 0. The Balaban J connectivity index is 1.60. The van der Waals surface area contributed by atoms with Gasteiger partial charge in [0.2, 0.25) is 0 Å². The molecule has 2 aliphatic heterocycles. The maximum absolute atomic E-state index is 3.57. The van der Waals surface area contributed by atoms with Crippen LogP contribution in [-0.2, 0) is 0 Å². The van der Waals surface area contributed by atoms with Gasteiger partial charge < -0.3 is 5.32 Å². The highest BCUT2D eigenvalue weighted by Crippen LogP contribution is 2.08. The fraction of sp³-hybridized carbons (Fsp3) is 1.00. The molecule has 2 heterocycles. The summed E-state index contributed by atoms with van der Waals surface area (Å²) in [5, 5.41) is 5.97. The number of nitrogens with zero attached hydrogens (tertiary/aromatic N) is 1. The van der Waals surface area contributed by atoms with E-state index >= 15 is 0 Å². The van der Waals surface area contributed by atoms with Crippen LogP contribution in [0.25, 0.3) is 0 Å². The highest BCUT2D eigenvalue weighted by atomic mass is 15.5. The molecule has 0 spiro atoms. The molecule has 0 aliphatic carbocycles. The third kappa shape index (κ3) is 3.23. The van der Waals surface area contributed by atoms with Crippen molar-refractivity contribution in [3.05, 3.63) is 0 Å². The zero-order valence-electron chi connectivity index (χ0n) is 9.10. The first-order valence-corrected chi connectivity index (χ1v) is 6.17. The quantitative estimate of drug-likeness (QED) is 0.710. The van der Waals surface area contributed by atoms with E-state index in [1.54, 1.807) is 0 Å². The summed E-state index contributed by atoms with van der Waals surface area (Å²) in [5.74, 6) is 0. The molecule has 2 fully saturated rings. The SMILES string of the molecule is C1CCN(NCC2CCCCN2)CC1. The molecule has 1 atom stereocenters. The highest BCUT2D eigenvalue weighted by Gasteiger charge is 2.14. The minimum Gasteiger partial charge on any atom is -0.313 e. The maximum atomic E-state index is 3.57. The Bertz CT molecular complexity index is 131. The summed E-state index contributed by atoms with van der Waals surface area (Å²) in [6.07, 6.45) is 8.26. The van der Waals surface area contributed by atoms with Crippen molar-refractivity contribution in [1.29, 1.82) is 0 Å². The van der Waals surface area contributed by atoms with Gasteiger partial charge in [-0.1, -0.05) is 12.8 Å². The van der Waals surface area contributed by atoms with Gasteiger partial charge in [0.25, 0.3) is 0 Å². The molecule has 2 aliphatic rings. The Morgan fingerprint density at radius 1 is 1.07 bits per heavy atom. The molecule has 3 heteroatoms. The minimum atomic E-state index is 0.714. The largest absolute Gasteiger partial charge is 0.313 e. The van der Waals surface area contributed by atoms with E-state index in [2.05, 4.69) is 15.8 Å². The molecular formula is C11H23N3. The summed E-state index contributed by atoms with van der Waals surface area (Å²) >= 11 is 0. The predicted molar refractivity (Wildman–Crippen MR) is 59.1 cm³/mol. The van der Waals surface area contributed by atoms with Gasteiger partial charge in [-0.05, 0) is 32.2 Å². The molecule has 3 nitrogen and oxygen atoms in total. The summed E-state index contributed by atoms with van der Waals surface area (Å²) < 4.78 is 0. The van der Waals surface area contributed by atoms with Crippen LogP contribution in [-0.4, -0.2) is 37.2 Å². The lowest BCUT2D eigenvalue weighted by molar-refractivity contribution is 0.143. The minimum absolute atomic E-state index is 0.714. The van der Waals surface area contributed by atoms with Crippen LogP contribution in [0.3, 0.4) is 0 Å². The molecule has 0 saturated carbocycles. The molecule has 82 valence electrons. The van der Waals surface area contributed by atoms with Crippen molar-refractivity contribution in [3.8, 4) is 0 Å². The van der Waals surface area contributed by atoms with Crippen molar-refractivity contribution >= 4 is 0 Å². The monoisotopic (exact) mass is 197 g/mol. The second kappa shape index (κ2) is 5.69. The van der Waals surface area contributed by atoms with Crippen LogP contribution in [0.1, 0.15) is 38.5 Å². The molecule has 14 heavy (non-hydrogen) atoms. The van der Waals surface area contributed by atoms with Crippen molar-refractivity contribution in [1.82, 2.24) is 15.8 Å². The number of hydrazine groups is 1. The Morgan fingerprint density at radius 2 is 1.93 bits per heavy atom. The van der Waals surface area contributed by atoms with Gasteiger partial charge in [0.05, 0.1) is 0 Å². The standard InChI is InChI=1S/C11H23N3/c1-4-8-14(9-5-1)13-10-11-6-2-3-7-12-11/h11-13H,1-10H2. The van der Waals surface area contributed by atoms with Crippen molar-refractivity contribution in [2.75, 3.05) is 26.2 Å². The average molecular weight is 197 g/mol. The molecule has 0 radical (unpaired) electrons. The van der Waals surface area contributed by atoms with Crippen molar-refractivity contribution in [3.63, 3.8) is 0 Å². The first kappa shape index (κ1) is 10.4. The summed E-state index contributed by atoms with van der Waals surface area (Å²) in [6.45, 7) is 4.83. The Kier molecular flexibility index (Phi) is 4.22. The van der Waals surface area contributed by atoms with Crippen LogP contribution >= 0.6 is 0 Å². The van der Waals surface area contributed by atoms with Crippen LogP contribution in [0.5, 0.6) is 0 Å². The lowest BCUT2D eigenvalue weighted by Crippen LogP contribution is -2.49. The predicted octanol–water partition coefficient (Wildman–Crippen LogP) is 1.12. The molecule has 0 amide bonds. The van der Waals surface area contributed by atoms with E-state index in [-0.39, 0.29) is 0 Å². The van der Waals surface area contributed by atoms with Gasteiger partial charge >= 0.3 is 0 Å². The van der Waals surface area contributed by atoms with Gasteiger partial charge in [-0.25, -0.2) is 5.01 Å². The zero-order chi connectivity index (χ0) is 9.64. The number of rotatable bonds is 3. The van der Waals surface area contributed by atoms with Crippen LogP contribution in [0.15, 0.2) is 0 Å². The molecule has 2 N–H and O–H groups in total. The molecule has 1 unspecified atom stereocenters. The molecule has 0 aromatic carbocycles. The molecule has 2 saturated heterocycles. The topological polar surface area (TPSA) is 27.3 Å². The first-order valence-electron chi connectivity index (χ1n) is 6.17. The second-order valence-corrected chi connectivity index (χ2v) is 4.56. The van der Waals surface area contributed by atoms with Crippen LogP contribution in [0.4, 0.5) is 0 Å². The number of hydrogen-bond acceptors (Lipinski definition) is 3. The van der Waals surface area contributed by atoms with Crippen molar-refractivity contribution in [2.24, 2.45) is 0 Å². The lowest BCUT2D eigenvalue weighted by Gasteiger charge is -2.31. The van der Waals surface area contributed by atoms with Crippen LogP contribution in [0, 0.1) is 0 Å². The van der Waals surface area contributed by atoms with E-state index in [9.17, 15) is 0 Å². The highest BCUT2D eigenvalue weighted by molar-refractivity contribution is 4.74. The van der Waals surface area contributed by atoms with E-state index in [0.717, 1.165) is 6.54 Å². The summed E-state index contributed by atoms with van der Waals surface area (Å²) in [7, 11) is 0. The van der Waals surface area contributed by atoms with E-state index in [1.807, 2.05) is 0 Å². The Hall–Kier alpha value is -0.120. The number of hydrogen-bond donors (Lipinski definition) is 2. The molecule has 0 aromatic heterocycles. The fourth-order valence-electron chi connectivity index (χ4n) is 2.39. The molecule has 0 aromatic rings. The number of nitrogens with one attached hydrogen (secondary N) is 2. The maximum Gasteiger partial charge on any atom is 0.0256 e. The summed E-state index contributed by atoms with van der Waals surface area (Å²) in [5.41, 5.74) is 3.56. The van der Waals surface area contributed by atoms with Crippen LogP contribution in [0.2, 0.25) is 0 Å². The number of piperidine rings is 2. The molecular weight excluding hydrogens is 174 g/mol. The molecule has 2 rings (SSSR count). The van der Waals surface area contributed by atoms with E-state index < -0.39 is 0 Å². The van der Waals surface area contributed by atoms with Gasteiger partial charge in [-0.3, -0.25) is 5.43 Å². The average Bonchev–Trinajstić information content (AvgIpc) is 2.29. The smallest absolute Gasteiger partial charge is 0.0256 e. The van der Waals surface area contributed by atoms with E-state index in [0.29, 0.717) is 6.04 Å². The zero-order valence-corrected chi connectivity index (χ0v) is 9.10. The van der Waals surface area contributed by atoms with Gasteiger partial charge in [-0.15, -0.1) is 0 Å². The second-order valence-electron chi connectivity index (χ2n) is 4.56. The van der Waals surface area contributed by atoms with Crippen molar-refractivity contribution in [2.45, 2.75) is 44.6 Å². The normalized spacial score (nSPS) is 30.4. The third-order valence-corrected chi connectivity index (χ3v) is 3.33. The Labute approximate surface area is 87.2 Å². The van der Waals surface area contributed by atoms with Gasteiger partial charge in [0.1, 0.15) is 0 Å². The van der Waals surface area contributed by atoms with Gasteiger partial charge in [-0.2, -0.15) is 0 Å². The van der Waals surface area contributed by atoms with Crippen LogP contribution < -0.4 is 10.7 Å². The lowest BCUT2D eigenvalue weighted by atomic mass is 10.1. The van der Waals surface area contributed by atoms with Gasteiger partial charge in [0, 0.05) is 25.7 Å². The third-order valence-electron chi connectivity index (χ3n) is 3.33. The fourth-order valence-corrected chi connectivity index (χ4v) is 2.39. The summed E-state index contributed by atoms with van der Waals surface area (Å²) in [6, 6.07) is 0.714. The Morgan fingerprint density at radius 3 is 2.64 bits per heavy atom. The first-order chi connectivity index (χ1) is 6.95. The van der Waals surface area contributed by atoms with Crippen molar-refractivity contribution < 1.29 is 0 Å². The molecule has 0 bridgehead atoms. The van der Waals surface area contributed by atoms with Gasteiger partial charge in [0.15, 0.2) is 0 Å². The van der Waals surface area contributed by atoms with E-state index in [4.69, 9.17) is 0 Å².